The smallest absolute Gasteiger partial charge is 0.144 e. The maximum Gasteiger partial charge on any atom is 0.144 e. The van der Waals surface area contributed by atoms with Gasteiger partial charge in [0.05, 0.1) is 24.5 Å². The van der Waals surface area contributed by atoms with Crippen LogP contribution in [-0.4, -0.2) is 77.5 Å². The molecule has 2 aromatic carbocycles. The fraction of sp³-hybridized carbons (Fsp3) is 0.357. The van der Waals surface area contributed by atoms with Crippen LogP contribution in [0.5, 0.6) is 17.2 Å². The van der Waals surface area contributed by atoms with Crippen molar-refractivity contribution in [3.05, 3.63) is 54.6 Å². The fourth-order valence-corrected chi connectivity index (χ4v) is 5.81. The van der Waals surface area contributed by atoms with Crippen LogP contribution < -0.4 is 14.5 Å². The summed E-state index contributed by atoms with van der Waals surface area (Å²) in [6, 6.07) is 11.0. The molecule has 2 aliphatic heterocycles. The van der Waals surface area contributed by atoms with E-state index in [9.17, 15) is 14.6 Å². The van der Waals surface area contributed by atoms with E-state index >= 15 is 0 Å². The maximum absolute atomic E-state index is 14.4. The molecule has 8 nitrogen and oxygen atoms in total. The van der Waals surface area contributed by atoms with Gasteiger partial charge in [-0.15, -0.1) is 0 Å². The number of halogens is 1. The van der Waals surface area contributed by atoms with Crippen molar-refractivity contribution >= 4 is 33.2 Å². The molecule has 6 rings (SSSR count). The molecule has 0 unspecified atom stereocenters. The van der Waals surface area contributed by atoms with Crippen LogP contribution in [0.25, 0.3) is 21.8 Å². The molecule has 2 saturated heterocycles. The fourth-order valence-electron chi connectivity index (χ4n) is 5.81. The largest absolute Gasteiger partial charge is 0.506 e. The third kappa shape index (κ3) is 4.33. The summed E-state index contributed by atoms with van der Waals surface area (Å²) >= 11 is 0. The molecule has 0 bridgehead atoms. The number of fused-ring (bicyclic) bond motifs is 2. The number of rotatable bonds is 4. The van der Waals surface area contributed by atoms with Crippen molar-refractivity contribution in [1.82, 2.24) is 14.9 Å². The minimum absolute atomic E-state index is 0.0985. The molecule has 2 aliphatic rings. The van der Waals surface area contributed by atoms with E-state index < -0.39 is 5.82 Å². The second kappa shape index (κ2) is 9.55. The maximum atomic E-state index is 14.4. The van der Waals surface area contributed by atoms with Crippen LogP contribution >= 0.6 is 0 Å². The number of hydrogen-bond acceptors (Lipinski definition) is 8. The van der Waals surface area contributed by atoms with Gasteiger partial charge in [0, 0.05) is 74.4 Å². The highest BCUT2D eigenvalue weighted by atomic mass is 19.1. The topological polar surface area (TPSA) is 85.2 Å². The average molecular weight is 504 g/mol. The van der Waals surface area contributed by atoms with Gasteiger partial charge in [0.15, 0.2) is 0 Å². The summed E-state index contributed by atoms with van der Waals surface area (Å²) in [4.78, 5) is 15.9. The Hall–Kier alpha value is -3.85. The highest BCUT2D eigenvalue weighted by Crippen LogP contribution is 2.39. The van der Waals surface area contributed by atoms with Gasteiger partial charge in [-0.3, -0.25) is 9.88 Å². The second-order valence-corrected chi connectivity index (χ2v) is 9.78. The van der Waals surface area contributed by atoms with Crippen LogP contribution in [0.4, 0.5) is 15.8 Å². The van der Waals surface area contributed by atoms with Gasteiger partial charge in [0.1, 0.15) is 34.3 Å². The first-order chi connectivity index (χ1) is 18.0. The zero-order valence-electron chi connectivity index (χ0n) is 20.8. The van der Waals surface area contributed by atoms with Crippen molar-refractivity contribution in [1.29, 1.82) is 0 Å². The minimum atomic E-state index is -0.591. The van der Waals surface area contributed by atoms with Crippen LogP contribution in [0.1, 0.15) is 12.8 Å². The highest BCUT2D eigenvalue weighted by molar-refractivity contribution is 5.95. The predicted octanol–water partition coefficient (Wildman–Crippen LogP) is 4.13. The summed E-state index contributed by atoms with van der Waals surface area (Å²) in [5.74, 6) is 0.0333. The van der Waals surface area contributed by atoms with E-state index in [4.69, 9.17) is 4.74 Å². The van der Waals surface area contributed by atoms with Crippen LogP contribution in [0.15, 0.2) is 48.8 Å². The first-order valence-electron chi connectivity index (χ1n) is 12.7. The first-order valence-corrected chi connectivity index (χ1v) is 12.7. The van der Waals surface area contributed by atoms with Crippen LogP contribution in [0.3, 0.4) is 0 Å². The number of phenols is 1. The number of pyridine rings is 2. The first kappa shape index (κ1) is 23.5. The number of aromatic nitrogens is 2. The Balaban J connectivity index is 1.14. The molecule has 0 atom stereocenters. The van der Waals surface area contributed by atoms with Crippen molar-refractivity contribution in [2.24, 2.45) is 0 Å². The van der Waals surface area contributed by atoms with E-state index in [0.717, 1.165) is 80.5 Å². The molecule has 9 heteroatoms. The number of ether oxygens (including phenoxy) is 1. The lowest BCUT2D eigenvalue weighted by atomic mass is 10.0. The van der Waals surface area contributed by atoms with Gasteiger partial charge in [0.2, 0.25) is 0 Å². The predicted molar refractivity (Wildman–Crippen MR) is 142 cm³/mol. The van der Waals surface area contributed by atoms with Crippen molar-refractivity contribution in [3.8, 4) is 17.2 Å². The Kier molecular flexibility index (Phi) is 6.08. The van der Waals surface area contributed by atoms with Crippen LogP contribution in [0.2, 0.25) is 0 Å². The molecule has 0 spiro atoms. The van der Waals surface area contributed by atoms with E-state index in [1.807, 2.05) is 18.3 Å². The van der Waals surface area contributed by atoms with E-state index in [2.05, 4.69) is 36.8 Å². The number of aromatic hydroxyl groups is 2. The highest BCUT2D eigenvalue weighted by Gasteiger charge is 2.30. The number of hydrogen-bond donors (Lipinski definition) is 2. The van der Waals surface area contributed by atoms with Crippen LogP contribution in [0, 0.1) is 5.82 Å². The van der Waals surface area contributed by atoms with Gasteiger partial charge < -0.3 is 24.7 Å². The van der Waals surface area contributed by atoms with E-state index in [1.165, 1.54) is 12.3 Å². The molecule has 0 aliphatic carbocycles. The molecule has 0 radical (unpaired) electrons. The number of piperazine rings is 1. The molecule has 0 saturated carbocycles. The molecule has 2 N–H and O–H groups in total. The van der Waals surface area contributed by atoms with Gasteiger partial charge >= 0.3 is 0 Å². The number of anilines is 2. The SMILES string of the molecule is COc1cc(N2CCN(C3CCN(c4c(O)cc(F)c5cc(O)cnc45)CC3)CC2)c2ncccc2c1. The number of nitrogens with zero attached hydrogens (tertiary/aromatic N) is 5. The van der Waals surface area contributed by atoms with Crippen molar-refractivity contribution in [3.63, 3.8) is 0 Å². The second-order valence-electron chi connectivity index (χ2n) is 9.78. The summed E-state index contributed by atoms with van der Waals surface area (Å²) in [6.45, 7) is 5.23. The quantitative estimate of drug-likeness (QED) is 0.430. The Morgan fingerprint density at radius 2 is 1.70 bits per heavy atom. The van der Waals surface area contributed by atoms with E-state index in [-0.39, 0.29) is 16.9 Å². The zero-order valence-corrected chi connectivity index (χ0v) is 20.8. The molecule has 4 aromatic rings. The van der Waals surface area contributed by atoms with Gasteiger partial charge in [-0.25, -0.2) is 9.37 Å². The lowest BCUT2D eigenvalue weighted by molar-refractivity contribution is 0.160. The number of methoxy groups -OCH3 is 1. The van der Waals surface area contributed by atoms with Gasteiger partial charge in [0.25, 0.3) is 0 Å². The third-order valence-electron chi connectivity index (χ3n) is 7.71. The minimum Gasteiger partial charge on any atom is -0.506 e. The monoisotopic (exact) mass is 503 g/mol. The van der Waals surface area contributed by atoms with E-state index in [1.54, 1.807) is 7.11 Å². The molecule has 37 heavy (non-hydrogen) atoms. The van der Waals surface area contributed by atoms with Crippen molar-refractivity contribution < 1.29 is 19.3 Å². The average Bonchev–Trinajstić information content (AvgIpc) is 2.93. The number of benzene rings is 2. The standard InChI is InChI=1S/C28H30FN5O3/c1-37-21-13-18-3-2-6-30-26(18)24(15-21)33-11-9-32(10-12-33)19-4-7-34(8-5-19)28-25(36)16-23(29)22-14-20(35)17-31-27(22)28/h2-3,6,13-17,19,35-36H,4-5,7-12H2,1H3. The summed E-state index contributed by atoms with van der Waals surface area (Å²) in [5.41, 5.74) is 3.03. The molecule has 192 valence electrons. The van der Waals surface area contributed by atoms with E-state index in [0.29, 0.717) is 17.2 Å². The van der Waals surface area contributed by atoms with Gasteiger partial charge in [-0.05, 0) is 31.0 Å². The third-order valence-corrected chi connectivity index (χ3v) is 7.71. The molecule has 2 aromatic heterocycles. The normalized spacial score (nSPS) is 17.6. The summed E-state index contributed by atoms with van der Waals surface area (Å²) in [7, 11) is 1.69. The molecule has 2 fully saturated rings. The Morgan fingerprint density at radius 3 is 2.46 bits per heavy atom. The Labute approximate surface area is 214 Å². The lowest BCUT2D eigenvalue weighted by Crippen LogP contribution is -2.53. The number of piperidine rings is 1. The molecular formula is C28H30FN5O3. The number of phenolic OH excluding ortho intramolecular Hbond substituents is 1. The van der Waals surface area contributed by atoms with Gasteiger partial charge in [-0.2, -0.15) is 0 Å². The lowest BCUT2D eigenvalue weighted by Gasteiger charge is -2.44. The van der Waals surface area contributed by atoms with Crippen LogP contribution in [-0.2, 0) is 0 Å². The molecular weight excluding hydrogens is 473 g/mol. The van der Waals surface area contributed by atoms with Gasteiger partial charge in [-0.1, -0.05) is 6.07 Å². The molecule has 4 heterocycles. The summed E-state index contributed by atoms with van der Waals surface area (Å²) in [5, 5.41) is 21.6. The Morgan fingerprint density at radius 1 is 0.919 bits per heavy atom. The molecule has 0 amide bonds. The summed E-state index contributed by atoms with van der Waals surface area (Å²) < 4.78 is 20.0. The zero-order chi connectivity index (χ0) is 25.5. The van der Waals surface area contributed by atoms with Crippen molar-refractivity contribution in [2.45, 2.75) is 18.9 Å². The Bertz CT molecular complexity index is 1450. The van der Waals surface area contributed by atoms with Crippen molar-refractivity contribution in [2.75, 3.05) is 56.2 Å². The summed E-state index contributed by atoms with van der Waals surface area (Å²) in [6.07, 6.45) is 5.01.